The number of nitrogens with zero attached hydrogens (tertiary/aromatic N) is 2. The Labute approximate surface area is 142 Å². The van der Waals surface area contributed by atoms with Crippen molar-refractivity contribution in [2.24, 2.45) is 0 Å². The van der Waals surface area contributed by atoms with Crippen LogP contribution in [0.4, 0.5) is 0 Å². The molecule has 0 spiro atoms. The summed E-state index contributed by atoms with van der Waals surface area (Å²) in [7, 11) is 0. The van der Waals surface area contributed by atoms with Crippen molar-refractivity contribution < 1.29 is 0 Å². The van der Waals surface area contributed by atoms with Crippen LogP contribution in [0.25, 0.3) is 22.0 Å². The molecule has 0 bridgehead atoms. The Bertz CT molecular complexity index is 916. The van der Waals surface area contributed by atoms with E-state index in [9.17, 15) is 5.26 Å². The summed E-state index contributed by atoms with van der Waals surface area (Å²) in [4.78, 5) is 5.40. The number of H-pyrrole nitrogens is 1. The lowest BCUT2D eigenvalue weighted by atomic mass is 10.0. The number of aromatic nitrogens is 1. The van der Waals surface area contributed by atoms with Crippen molar-refractivity contribution >= 4 is 10.9 Å². The number of benzene rings is 2. The largest absolute Gasteiger partial charge is 0.357 e. The number of nitrogens with one attached hydrogen (secondary N) is 1. The molecular formula is C21H21N3. The molecule has 1 fully saturated rings. The second kappa shape index (κ2) is 6.05. The monoisotopic (exact) mass is 315 g/mol. The zero-order valence-electron chi connectivity index (χ0n) is 13.9. The van der Waals surface area contributed by atoms with E-state index in [4.69, 9.17) is 0 Å². The highest BCUT2D eigenvalue weighted by Gasteiger charge is 2.26. The molecule has 0 radical (unpaired) electrons. The van der Waals surface area contributed by atoms with Gasteiger partial charge in [-0.1, -0.05) is 37.3 Å². The van der Waals surface area contributed by atoms with Crippen LogP contribution >= 0.6 is 0 Å². The van der Waals surface area contributed by atoms with Crippen LogP contribution in [-0.2, 0) is 6.42 Å². The highest BCUT2D eigenvalue weighted by Crippen LogP contribution is 2.33. The predicted octanol–water partition coefficient (Wildman–Crippen LogP) is 5.02. The molecule has 3 aromatic rings. The van der Waals surface area contributed by atoms with Gasteiger partial charge in [-0.2, -0.15) is 5.26 Å². The van der Waals surface area contributed by atoms with E-state index in [-0.39, 0.29) is 6.04 Å². The summed E-state index contributed by atoms with van der Waals surface area (Å²) >= 11 is 0. The standard InChI is InChI=1S/C21H21N3/c1-2-15-5-3-6-16(11-15)17-8-9-19-18(12-17)13-20(23-19)21-7-4-10-24(21)14-22/h3,5-6,8-9,11-13,21,23H,2,4,7,10H2,1H3/t21-/m0/s1. The SMILES string of the molecule is CCc1cccc(-c2ccc3[nH]c([C@@H]4CCCN4C#N)cc3c2)c1. The minimum absolute atomic E-state index is 0.203. The van der Waals surface area contributed by atoms with Crippen molar-refractivity contribution in [2.75, 3.05) is 6.54 Å². The van der Waals surface area contributed by atoms with E-state index in [1.807, 2.05) is 4.90 Å². The lowest BCUT2D eigenvalue weighted by molar-refractivity contribution is 0.369. The molecule has 0 aliphatic carbocycles. The lowest BCUT2D eigenvalue weighted by Gasteiger charge is -2.16. The van der Waals surface area contributed by atoms with Gasteiger partial charge in [-0.05, 0) is 54.2 Å². The van der Waals surface area contributed by atoms with Gasteiger partial charge in [-0.15, -0.1) is 0 Å². The molecular weight excluding hydrogens is 294 g/mol. The predicted molar refractivity (Wildman–Crippen MR) is 97.4 cm³/mol. The summed E-state index contributed by atoms with van der Waals surface area (Å²) in [5.74, 6) is 0. The van der Waals surface area contributed by atoms with E-state index in [0.717, 1.165) is 37.0 Å². The summed E-state index contributed by atoms with van der Waals surface area (Å²) in [5.41, 5.74) is 6.16. The van der Waals surface area contributed by atoms with E-state index in [1.54, 1.807) is 0 Å². The molecule has 0 unspecified atom stereocenters. The highest BCUT2D eigenvalue weighted by molar-refractivity contribution is 5.86. The minimum atomic E-state index is 0.203. The molecule has 24 heavy (non-hydrogen) atoms. The van der Waals surface area contributed by atoms with Crippen LogP contribution in [-0.4, -0.2) is 16.4 Å². The van der Waals surface area contributed by atoms with E-state index in [0.29, 0.717) is 0 Å². The third-order valence-corrected chi connectivity index (χ3v) is 5.05. The molecule has 3 nitrogen and oxygen atoms in total. The normalized spacial score (nSPS) is 17.3. The van der Waals surface area contributed by atoms with Crippen molar-refractivity contribution in [3.63, 3.8) is 0 Å². The zero-order chi connectivity index (χ0) is 16.5. The summed E-state index contributed by atoms with van der Waals surface area (Å²) in [5, 5.41) is 10.5. The van der Waals surface area contributed by atoms with Gasteiger partial charge in [-0.25, -0.2) is 0 Å². The van der Waals surface area contributed by atoms with Crippen molar-refractivity contribution in [3.8, 4) is 17.3 Å². The fourth-order valence-electron chi connectivity index (χ4n) is 3.69. The van der Waals surface area contributed by atoms with Gasteiger partial charge in [0.2, 0.25) is 0 Å². The Morgan fingerprint density at radius 2 is 2.04 bits per heavy atom. The van der Waals surface area contributed by atoms with Crippen LogP contribution in [0.15, 0.2) is 48.5 Å². The van der Waals surface area contributed by atoms with Crippen molar-refractivity contribution in [1.29, 1.82) is 5.26 Å². The fraction of sp³-hybridized carbons (Fsp3) is 0.286. The van der Waals surface area contributed by atoms with Crippen LogP contribution in [0.5, 0.6) is 0 Å². The molecule has 3 heteroatoms. The number of hydrogen-bond donors (Lipinski definition) is 1. The van der Waals surface area contributed by atoms with Crippen LogP contribution in [0, 0.1) is 11.5 Å². The van der Waals surface area contributed by atoms with Crippen LogP contribution in [0.2, 0.25) is 0 Å². The first kappa shape index (κ1) is 14.8. The van der Waals surface area contributed by atoms with Crippen LogP contribution in [0.3, 0.4) is 0 Å². The summed E-state index contributed by atoms with van der Waals surface area (Å²) in [6.45, 7) is 3.05. The Hall–Kier alpha value is -2.73. The first-order valence-electron chi connectivity index (χ1n) is 8.67. The van der Waals surface area contributed by atoms with Gasteiger partial charge in [0, 0.05) is 23.1 Å². The third kappa shape index (κ3) is 2.55. The Kier molecular flexibility index (Phi) is 3.74. The van der Waals surface area contributed by atoms with Gasteiger partial charge in [0.15, 0.2) is 6.19 Å². The number of aryl methyl sites for hydroxylation is 1. The maximum Gasteiger partial charge on any atom is 0.179 e. The molecule has 1 aromatic heterocycles. The maximum absolute atomic E-state index is 9.28. The quantitative estimate of drug-likeness (QED) is 0.690. The molecule has 4 rings (SSSR count). The summed E-state index contributed by atoms with van der Waals surface area (Å²) in [6, 6.07) is 17.7. The van der Waals surface area contributed by atoms with E-state index >= 15 is 0 Å². The number of nitriles is 1. The first-order chi connectivity index (χ1) is 11.8. The van der Waals surface area contributed by atoms with Crippen LogP contribution < -0.4 is 0 Å². The highest BCUT2D eigenvalue weighted by atomic mass is 15.2. The molecule has 2 heterocycles. The van der Waals surface area contributed by atoms with Crippen molar-refractivity contribution in [3.05, 3.63) is 59.8 Å². The average molecular weight is 315 g/mol. The summed E-state index contributed by atoms with van der Waals surface area (Å²) in [6.07, 6.45) is 5.51. The Morgan fingerprint density at radius 3 is 2.88 bits per heavy atom. The molecule has 0 amide bonds. The van der Waals surface area contributed by atoms with Gasteiger partial charge in [0.05, 0.1) is 6.04 Å². The van der Waals surface area contributed by atoms with E-state index < -0.39 is 0 Å². The number of likely N-dealkylation sites (tertiary alicyclic amines) is 1. The average Bonchev–Trinajstić information content (AvgIpc) is 3.26. The molecule has 1 aliphatic heterocycles. The second-order valence-electron chi connectivity index (χ2n) is 6.53. The molecule has 1 saturated heterocycles. The van der Waals surface area contributed by atoms with Gasteiger partial charge in [-0.3, -0.25) is 0 Å². The molecule has 0 saturated carbocycles. The Balaban J connectivity index is 1.72. The number of fused-ring (bicyclic) bond motifs is 1. The van der Waals surface area contributed by atoms with Crippen molar-refractivity contribution in [2.45, 2.75) is 32.2 Å². The first-order valence-corrected chi connectivity index (χ1v) is 8.67. The number of rotatable bonds is 3. The molecule has 1 N–H and O–H groups in total. The Morgan fingerprint density at radius 1 is 1.17 bits per heavy atom. The van der Waals surface area contributed by atoms with E-state index in [2.05, 4.69) is 66.6 Å². The lowest BCUT2D eigenvalue weighted by Crippen LogP contribution is -2.17. The minimum Gasteiger partial charge on any atom is -0.357 e. The van der Waals surface area contributed by atoms with Gasteiger partial charge >= 0.3 is 0 Å². The van der Waals surface area contributed by atoms with E-state index in [1.165, 1.54) is 22.1 Å². The zero-order valence-corrected chi connectivity index (χ0v) is 13.9. The fourth-order valence-corrected chi connectivity index (χ4v) is 3.69. The second-order valence-corrected chi connectivity index (χ2v) is 6.53. The number of hydrogen-bond acceptors (Lipinski definition) is 2. The smallest absolute Gasteiger partial charge is 0.179 e. The van der Waals surface area contributed by atoms with Gasteiger partial charge in [0.1, 0.15) is 0 Å². The molecule has 120 valence electrons. The maximum atomic E-state index is 9.28. The molecule has 1 aliphatic rings. The molecule has 1 atom stereocenters. The number of aromatic amines is 1. The topological polar surface area (TPSA) is 42.8 Å². The van der Waals surface area contributed by atoms with Crippen molar-refractivity contribution in [1.82, 2.24) is 9.88 Å². The molecule has 2 aromatic carbocycles. The van der Waals surface area contributed by atoms with Gasteiger partial charge < -0.3 is 9.88 Å². The third-order valence-electron chi connectivity index (χ3n) is 5.05. The van der Waals surface area contributed by atoms with Crippen LogP contribution in [0.1, 0.15) is 37.1 Å². The summed E-state index contributed by atoms with van der Waals surface area (Å²) < 4.78 is 0. The van der Waals surface area contributed by atoms with Gasteiger partial charge in [0.25, 0.3) is 0 Å².